The van der Waals surface area contributed by atoms with Crippen molar-refractivity contribution in [2.45, 2.75) is 11.5 Å². The van der Waals surface area contributed by atoms with Crippen molar-refractivity contribution in [3.05, 3.63) is 29.8 Å². The Bertz CT molecular complexity index is 430. The number of hydrogen-bond donors (Lipinski definition) is 0. The predicted molar refractivity (Wildman–Crippen MR) is 61.0 cm³/mol. The van der Waals surface area contributed by atoms with Crippen LogP contribution in [0.5, 0.6) is 0 Å². The monoisotopic (exact) mass is 264 g/mol. The van der Waals surface area contributed by atoms with Crippen LogP contribution in [0.2, 0.25) is 0 Å². The third-order valence-corrected chi connectivity index (χ3v) is 3.23. The third-order valence-electron chi connectivity index (χ3n) is 1.88. The van der Waals surface area contributed by atoms with E-state index in [9.17, 15) is 8.42 Å². The average Bonchev–Trinajstić information content (AvgIpc) is 2.24. The molecule has 0 saturated carbocycles. The Morgan fingerprint density at radius 1 is 1.31 bits per heavy atom. The minimum Gasteiger partial charge on any atom is -0.382 e. The molecule has 1 aromatic rings. The second-order valence-electron chi connectivity index (χ2n) is 3.13. The van der Waals surface area contributed by atoms with Gasteiger partial charge in [0, 0.05) is 17.8 Å². The van der Waals surface area contributed by atoms with Crippen LogP contribution in [0.4, 0.5) is 0 Å². The minimum absolute atomic E-state index is 0.0852. The van der Waals surface area contributed by atoms with E-state index in [1.165, 1.54) is 12.1 Å². The standard InChI is InChI=1S/C10H13ClO4S/c1-14-5-6-15-8-9-3-2-4-10(7-9)16(11,12)13/h2-4,7H,5-6,8H2,1H3. The third kappa shape index (κ3) is 4.49. The number of methoxy groups -OCH3 is 1. The number of rotatable bonds is 6. The lowest BCUT2D eigenvalue weighted by atomic mass is 10.2. The van der Waals surface area contributed by atoms with Gasteiger partial charge in [0.1, 0.15) is 0 Å². The predicted octanol–water partition coefficient (Wildman–Crippen LogP) is 1.78. The fourth-order valence-electron chi connectivity index (χ4n) is 1.12. The molecule has 0 bridgehead atoms. The van der Waals surface area contributed by atoms with E-state index in [0.717, 1.165) is 5.56 Å². The molecule has 0 heterocycles. The highest BCUT2D eigenvalue weighted by molar-refractivity contribution is 8.13. The second-order valence-corrected chi connectivity index (χ2v) is 5.70. The van der Waals surface area contributed by atoms with Crippen LogP contribution in [-0.2, 0) is 25.1 Å². The van der Waals surface area contributed by atoms with E-state index in [1.54, 1.807) is 19.2 Å². The zero-order valence-electron chi connectivity index (χ0n) is 8.85. The molecule has 1 aromatic carbocycles. The highest BCUT2D eigenvalue weighted by Gasteiger charge is 2.09. The molecule has 0 saturated heterocycles. The van der Waals surface area contributed by atoms with E-state index in [0.29, 0.717) is 19.8 Å². The van der Waals surface area contributed by atoms with Crippen LogP contribution in [0.15, 0.2) is 29.2 Å². The van der Waals surface area contributed by atoms with Crippen LogP contribution in [-0.4, -0.2) is 28.7 Å². The van der Waals surface area contributed by atoms with Crippen LogP contribution >= 0.6 is 10.7 Å². The SMILES string of the molecule is COCCOCc1cccc(S(=O)(=O)Cl)c1. The Morgan fingerprint density at radius 2 is 2.06 bits per heavy atom. The quantitative estimate of drug-likeness (QED) is 0.581. The highest BCUT2D eigenvalue weighted by Crippen LogP contribution is 2.16. The molecule has 6 heteroatoms. The molecule has 1 rings (SSSR count). The van der Waals surface area contributed by atoms with E-state index in [1.807, 2.05) is 0 Å². The Hall–Kier alpha value is -0.620. The number of ether oxygens (including phenoxy) is 2. The lowest BCUT2D eigenvalue weighted by molar-refractivity contribution is 0.0616. The van der Waals surface area contributed by atoms with Crippen molar-refractivity contribution in [3.63, 3.8) is 0 Å². The van der Waals surface area contributed by atoms with Gasteiger partial charge in [-0.2, -0.15) is 0 Å². The van der Waals surface area contributed by atoms with E-state index in [2.05, 4.69) is 0 Å². The normalized spacial score (nSPS) is 11.6. The first-order valence-corrected chi connectivity index (χ1v) is 6.95. The molecule has 0 fully saturated rings. The first kappa shape index (κ1) is 13.4. The van der Waals surface area contributed by atoms with E-state index in [4.69, 9.17) is 20.2 Å². The molecule has 0 aliphatic rings. The number of benzene rings is 1. The number of hydrogen-bond acceptors (Lipinski definition) is 4. The first-order valence-electron chi connectivity index (χ1n) is 4.64. The lowest BCUT2D eigenvalue weighted by Crippen LogP contribution is -2.02. The van der Waals surface area contributed by atoms with E-state index in [-0.39, 0.29) is 4.90 Å². The van der Waals surface area contributed by atoms with Gasteiger partial charge in [-0.1, -0.05) is 12.1 Å². The van der Waals surface area contributed by atoms with Crippen LogP contribution < -0.4 is 0 Å². The summed E-state index contributed by atoms with van der Waals surface area (Å²) in [5, 5.41) is 0. The number of halogens is 1. The maximum absolute atomic E-state index is 11.1. The lowest BCUT2D eigenvalue weighted by Gasteiger charge is -2.04. The van der Waals surface area contributed by atoms with Gasteiger partial charge in [0.25, 0.3) is 9.05 Å². The molecule has 16 heavy (non-hydrogen) atoms. The Kier molecular flexibility index (Phi) is 5.21. The molecule has 0 radical (unpaired) electrons. The Morgan fingerprint density at radius 3 is 2.69 bits per heavy atom. The summed E-state index contributed by atoms with van der Waals surface area (Å²) < 4.78 is 32.2. The molecule has 0 spiro atoms. The second kappa shape index (κ2) is 6.20. The molecule has 0 aliphatic carbocycles. The fourth-order valence-corrected chi connectivity index (χ4v) is 1.94. The van der Waals surface area contributed by atoms with Gasteiger partial charge < -0.3 is 9.47 Å². The summed E-state index contributed by atoms with van der Waals surface area (Å²) in [6, 6.07) is 6.35. The summed E-state index contributed by atoms with van der Waals surface area (Å²) in [5.41, 5.74) is 0.762. The molecule has 0 unspecified atom stereocenters. The largest absolute Gasteiger partial charge is 0.382 e. The van der Waals surface area contributed by atoms with Gasteiger partial charge >= 0.3 is 0 Å². The molecular weight excluding hydrogens is 252 g/mol. The summed E-state index contributed by atoms with van der Waals surface area (Å²) in [4.78, 5) is 0.0852. The van der Waals surface area contributed by atoms with Crippen molar-refractivity contribution in [3.8, 4) is 0 Å². The smallest absolute Gasteiger partial charge is 0.261 e. The molecular formula is C10H13ClO4S. The van der Waals surface area contributed by atoms with Crippen molar-refractivity contribution in [1.29, 1.82) is 0 Å². The van der Waals surface area contributed by atoms with Gasteiger partial charge in [0.15, 0.2) is 0 Å². The minimum atomic E-state index is -3.67. The Balaban J connectivity index is 2.62. The zero-order chi connectivity index (χ0) is 12.0. The van der Waals surface area contributed by atoms with Gasteiger partial charge in [-0.15, -0.1) is 0 Å². The van der Waals surface area contributed by atoms with Crippen LogP contribution in [0, 0.1) is 0 Å². The molecule has 0 amide bonds. The van der Waals surface area contributed by atoms with Crippen molar-refractivity contribution < 1.29 is 17.9 Å². The maximum Gasteiger partial charge on any atom is 0.261 e. The summed E-state index contributed by atoms with van der Waals surface area (Å²) in [7, 11) is 3.14. The van der Waals surface area contributed by atoms with Gasteiger partial charge in [-0.05, 0) is 17.7 Å². The summed E-state index contributed by atoms with van der Waals surface area (Å²) >= 11 is 0. The fraction of sp³-hybridized carbons (Fsp3) is 0.400. The molecule has 4 nitrogen and oxygen atoms in total. The van der Waals surface area contributed by atoms with E-state index >= 15 is 0 Å². The van der Waals surface area contributed by atoms with Gasteiger partial charge in [0.05, 0.1) is 24.7 Å². The Labute approximate surface area is 99.6 Å². The maximum atomic E-state index is 11.1. The molecule has 90 valence electrons. The molecule has 0 aliphatic heterocycles. The highest BCUT2D eigenvalue weighted by atomic mass is 35.7. The van der Waals surface area contributed by atoms with Crippen molar-refractivity contribution in [1.82, 2.24) is 0 Å². The first-order chi connectivity index (χ1) is 7.54. The van der Waals surface area contributed by atoms with Crippen LogP contribution in [0.25, 0.3) is 0 Å². The summed E-state index contributed by atoms with van der Waals surface area (Å²) in [6.07, 6.45) is 0. The molecule has 0 atom stereocenters. The van der Waals surface area contributed by atoms with Crippen LogP contribution in [0.3, 0.4) is 0 Å². The summed E-state index contributed by atoms with van der Waals surface area (Å²) in [5.74, 6) is 0. The van der Waals surface area contributed by atoms with Crippen molar-refractivity contribution in [2.24, 2.45) is 0 Å². The van der Waals surface area contributed by atoms with Crippen LogP contribution in [0.1, 0.15) is 5.56 Å². The van der Waals surface area contributed by atoms with Gasteiger partial charge in [-0.3, -0.25) is 0 Å². The molecule has 0 aromatic heterocycles. The van der Waals surface area contributed by atoms with Gasteiger partial charge in [-0.25, -0.2) is 8.42 Å². The summed E-state index contributed by atoms with van der Waals surface area (Å²) in [6.45, 7) is 1.31. The van der Waals surface area contributed by atoms with Gasteiger partial charge in [0.2, 0.25) is 0 Å². The topological polar surface area (TPSA) is 52.6 Å². The van der Waals surface area contributed by atoms with Crippen molar-refractivity contribution in [2.75, 3.05) is 20.3 Å². The average molecular weight is 265 g/mol. The van der Waals surface area contributed by atoms with E-state index < -0.39 is 9.05 Å². The zero-order valence-corrected chi connectivity index (χ0v) is 10.4. The molecule has 0 N–H and O–H groups in total. The van der Waals surface area contributed by atoms with Crippen molar-refractivity contribution >= 4 is 19.7 Å².